The first-order valence-electron chi connectivity index (χ1n) is 8.19. The van der Waals surface area contributed by atoms with E-state index in [2.05, 4.69) is 15.5 Å². The van der Waals surface area contributed by atoms with Crippen LogP contribution in [-0.4, -0.2) is 40.1 Å². The van der Waals surface area contributed by atoms with Gasteiger partial charge in [0.25, 0.3) is 0 Å². The number of aromatic nitrogens is 3. The molecule has 2 amide bonds. The first-order valence-corrected chi connectivity index (χ1v) is 8.19. The fourth-order valence-electron chi connectivity index (χ4n) is 3.11. The van der Waals surface area contributed by atoms with Crippen molar-refractivity contribution in [3.63, 3.8) is 0 Å². The fourth-order valence-corrected chi connectivity index (χ4v) is 3.11. The molecule has 1 fully saturated rings. The summed E-state index contributed by atoms with van der Waals surface area (Å²) in [6.07, 6.45) is 3.47. The highest BCUT2D eigenvalue weighted by Gasteiger charge is 2.36. The molecular formula is C18H17N5O3. The van der Waals surface area contributed by atoms with Crippen LogP contribution in [0.5, 0.6) is 5.75 Å². The van der Waals surface area contributed by atoms with Crippen molar-refractivity contribution in [2.75, 3.05) is 23.9 Å². The van der Waals surface area contributed by atoms with E-state index in [9.17, 15) is 9.59 Å². The lowest BCUT2D eigenvalue weighted by molar-refractivity contribution is -0.122. The Kier molecular flexibility index (Phi) is 4.00. The summed E-state index contributed by atoms with van der Waals surface area (Å²) >= 11 is 0. The largest absolute Gasteiger partial charge is 0.495 e. The molecule has 3 heterocycles. The Morgan fingerprint density at radius 3 is 2.96 bits per heavy atom. The molecule has 1 aliphatic rings. The SMILES string of the molecule is COc1ccccc1N1CC(C(=O)Nc2ccc3nncn3c2)CC1=O. The number of hydrogen-bond donors (Lipinski definition) is 1. The summed E-state index contributed by atoms with van der Waals surface area (Å²) < 4.78 is 7.04. The van der Waals surface area contributed by atoms with Crippen LogP contribution in [0.4, 0.5) is 11.4 Å². The molecule has 1 unspecified atom stereocenters. The smallest absolute Gasteiger partial charge is 0.229 e. The molecule has 0 aliphatic carbocycles. The number of carbonyl (C=O) groups excluding carboxylic acids is 2. The average molecular weight is 351 g/mol. The third kappa shape index (κ3) is 2.85. The van der Waals surface area contributed by atoms with E-state index in [1.54, 1.807) is 47.1 Å². The summed E-state index contributed by atoms with van der Waals surface area (Å²) in [7, 11) is 1.56. The van der Waals surface area contributed by atoms with Crippen molar-refractivity contribution >= 4 is 28.8 Å². The summed E-state index contributed by atoms with van der Waals surface area (Å²) in [6.45, 7) is 0.319. The first kappa shape index (κ1) is 16.1. The van der Waals surface area contributed by atoms with Crippen molar-refractivity contribution < 1.29 is 14.3 Å². The van der Waals surface area contributed by atoms with Crippen LogP contribution in [0.25, 0.3) is 5.65 Å². The van der Waals surface area contributed by atoms with Gasteiger partial charge in [-0.1, -0.05) is 12.1 Å². The minimum Gasteiger partial charge on any atom is -0.495 e. The number of benzene rings is 1. The first-order chi connectivity index (χ1) is 12.7. The van der Waals surface area contributed by atoms with Crippen LogP contribution in [0.2, 0.25) is 0 Å². The normalized spacial score (nSPS) is 16.9. The topological polar surface area (TPSA) is 88.8 Å². The number of nitrogens with zero attached hydrogens (tertiary/aromatic N) is 4. The van der Waals surface area contributed by atoms with E-state index in [0.717, 1.165) is 0 Å². The molecule has 4 rings (SSSR count). The lowest BCUT2D eigenvalue weighted by Gasteiger charge is -2.19. The van der Waals surface area contributed by atoms with Crippen LogP contribution in [0, 0.1) is 5.92 Å². The van der Waals surface area contributed by atoms with Crippen molar-refractivity contribution in [1.29, 1.82) is 0 Å². The molecule has 0 spiro atoms. The molecule has 8 nitrogen and oxygen atoms in total. The predicted molar refractivity (Wildman–Crippen MR) is 95.1 cm³/mol. The molecule has 1 atom stereocenters. The van der Waals surface area contributed by atoms with Crippen molar-refractivity contribution in [3.8, 4) is 5.75 Å². The number of pyridine rings is 1. The van der Waals surface area contributed by atoms with E-state index in [-0.39, 0.29) is 18.2 Å². The van der Waals surface area contributed by atoms with E-state index < -0.39 is 5.92 Å². The van der Waals surface area contributed by atoms with Gasteiger partial charge in [0.15, 0.2) is 5.65 Å². The highest BCUT2D eigenvalue weighted by atomic mass is 16.5. The Morgan fingerprint density at radius 1 is 1.27 bits per heavy atom. The zero-order valence-electron chi connectivity index (χ0n) is 14.1. The summed E-state index contributed by atoms with van der Waals surface area (Å²) in [4.78, 5) is 26.6. The van der Waals surface area contributed by atoms with Crippen LogP contribution < -0.4 is 15.0 Å². The van der Waals surface area contributed by atoms with Crippen molar-refractivity contribution in [2.24, 2.45) is 5.92 Å². The second-order valence-corrected chi connectivity index (χ2v) is 6.08. The molecular weight excluding hydrogens is 334 g/mol. The maximum absolute atomic E-state index is 12.6. The number of ether oxygens (including phenoxy) is 1. The third-order valence-corrected chi connectivity index (χ3v) is 4.43. The third-order valence-electron chi connectivity index (χ3n) is 4.43. The Morgan fingerprint density at radius 2 is 2.12 bits per heavy atom. The predicted octanol–water partition coefficient (Wildman–Crippen LogP) is 1.73. The van der Waals surface area contributed by atoms with Gasteiger partial charge in [0, 0.05) is 19.2 Å². The number of rotatable bonds is 4. The van der Waals surface area contributed by atoms with E-state index >= 15 is 0 Å². The molecule has 8 heteroatoms. The summed E-state index contributed by atoms with van der Waals surface area (Å²) in [5.74, 6) is -0.101. The maximum Gasteiger partial charge on any atom is 0.229 e. The highest BCUT2D eigenvalue weighted by Crippen LogP contribution is 2.33. The van der Waals surface area contributed by atoms with E-state index in [1.165, 1.54) is 0 Å². The van der Waals surface area contributed by atoms with Gasteiger partial charge < -0.3 is 15.0 Å². The van der Waals surface area contributed by atoms with Crippen molar-refractivity contribution in [1.82, 2.24) is 14.6 Å². The molecule has 1 aliphatic heterocycles. The second kappa shape index (κ2) is 6.47. The van der Waals surface area contributed by atoms with Crippen LogP contribution >= 0.6 is 0 Å². The van der Waals surface area contributed by atoms with Gasteiger partial charge in [0.2, 0.25) is 11.8 Å². The zero-order valence-corrected chi connectivity index (χ0v) is 14.1. The van der Waals surface area contributed by atoms with Crippen molar-refractivity contribution in [2.45, 2.75) is 6.42 Å². The highest BCUT2D eigenvalue weighted by molar-refractivity contribution is 6.04. The Hall–Kier alpha value is -3.42. The Bertz CT molecular complexity index is 984. The molecule has 132 valence electrons. The second-order valence-electron chi connectivity index (χ2n) is 6.08. The number of carbonyl (C=O) groups is 2. The van der Waals surface area contributed by atoms with Gasteiger partial charge in [-0.15, -0.1) is 10.2 Å². The molecule has 26 heavy (non-hydrogen) atoms. The van der Waals surface area contributed by atoms with Crippen molar-refractivity contribution in [3.05, 3.63) is 48.9 Å². The van der Waals surface area contributed by atoms with E-state index in [0.29, 0.717) is 29.3 Å². The maximum atomic E-state index is 12.6. The molecule has 1 N–H and O–H groups in total. The standard InChI is InChI=1S/C18H17N5O3/c1-26-15-5-3-2-4-14(15)23-9-12(8-17(23)24)18(25)20-13-6-7-16-21-19-11-22(16)10-13/h2-7,10-12H,8-9H2,1H3,(H,20,25). The molecule has 2 aromatic heterocycles. The summed E-state index contributed by atoms with van der Waals surface area (Å²) in [5.41, 5.74) is 2.01. The summed E-state index contributed by atoms with van der Waals surface area (Å²) in [6, 6.07) is 10.8. The van der Waals surface area contributed by atoms with Crippen LogP contribution in [0.1, 0.15) is 6.42 Å². The molecule has 0 bridgehead atoms. The average Bonchev–Trinajstić information content (AvgIpc) is 3.27. The molecule has 0 radical (unpaired) electrons. The number of fused-ring (bicyclic) bond motifs is 1. The lowest BCUT2D eigenvalue weighted by Crippen LogP contribution is -2.28. The monoisotopic (exact) mass is 351 g/mol. The van der Waals surface area contributed by atoms with Gasteiger partial charge in [-0.25, -0.2) is 0 Å². The number of hydrogen-bond acceptors (Lipinski definition) is 5. The van der Waals surface area contributed by atoms with Gasteiger partial charge in [0.05, 0.1) is 24.4 Å². The lowest BCUT2D eigenvalue weighted by atomic mass is 10.1. The quantitative estimate of drug-likeness (QED) is 0.773. The molecule has 3 aromatic rings. The molecule has 0 saturated carbocycles. The van der Waals surface area contributed by atoms with Gasteiger partial charge in [-0.2, -0.15) is 0 Å². The van der Waals surface area contributed by atoms with E-state index in [1.807, 2.05) is 18.2 Å². The van der Waals surface area contributed by atoms with Gasteiger partial charge in [0.1, 0.15) is 12.1 Å². The van der Waals surface area contributed by atoms with Gasteiger partial charge >= 0.3 is 0 Å². The van der Waals surface area contributed by atoms with Crippen LogP contribution in [0.15, 0.2) is 48.9 Å². The van der Waals surface area contributed by atoms with Gasteiger partial charge in [-0.05, 0) is 24.3 Å². The number of nitrogens with one attached hydrogen (secondary N) is 1. The zero-order chi connectivity index (χ0) is 18.1. The van der Waals surface area contributed by atoms with Crippen LogP contribution in [-0.2, 0) is 9.59 Å². The van der Waals surface area contributed by atoms with Crippen LogP contribution in [0.3, 0.4) is 0 Å². The number of methoxy groups -OCH3 is 1. The molecule has 1 saturated heterocycles. The summed E-state index contributed by atoms with van der Waals surface area (Å²) in [5, 5.41) is 10.6. The fraction of sp³-hybridized carbons (Fsp3) is 0.222. The van der Waals surface area contributed by atoms with Gasteiger partial charge in [-0.3, -0.25) is 14.0 Å². The minimum absolute atomic E-state index is 0.0936. The number of anilines is 2. The Balaban J connectivity index is 1.50. The Labute approximate surface area is 149 Å². The number of amides is 2. The minimum atomic E-state index is -0.427. The number of para-hydroxylation sites is 2. The molecule has 1 aromatic carbocycles. The van der Waals surface area contributed by atoms with E-state index in [4.69, 9.17) is 4.74 Å².